The predicted molar refractivity (Wildman–Crippen MR) is 99.2 cm³/mol. The van der Waals surface area contributed by atoms with Gasteiger partial charge in [0.15, 0.2) is 0 Å². The van der Waals surface area contributed by atoms with Crippen LogP contribution in [0.25, 0.3) is 10.8 Å². The number of nitrogens with one attached hydrogen (secondary N) is 1. The van der Waals surface area contributed by atoms with Crippen molar-refractivity contribution < 1.29 is 8.81 Å². The molecule has 0 fully saturated rings. The summed E-state index contributed by atoms with van der Waals surface area (Å²) >= 11 is 3.27. The van der Waals surface area contributed by atoms with Crippen molar-refractivity contribution in [2.24, 2.45) is 0 Å². The van der Waals surface area contributed by atoms with E-state index < -0.39 is 0 Å². The molecule has 3 nitrogen and oxygen atoms in total. The molecule has 4 rings (SSSR count). The summed E-state index contributed by atoms with van der Waals surface area (Å²) in [6.45, 7) is 0.564. The van der Waals surface area contributed by atoms with Crippen LogP contribution in [0.15, 0.2) is 70.0 Å². The number of aromatic nitrogens is 1. The van der Waals surface area contributed by atoms with Gasteiger partial charge < -0.3 is 4.42 Å². The fourth-order valence-electron chi connectivity index (χ4n) is 2.60. The van der Waals surface area contributed by atoms with Crippen LogP contribution in [-0.2, 0) is 6.54 Å². The van der Waals surface area contributed by atoms with Gasteiger partial charge in [0.2, 0.25) is 5.89 Å². The number of halogens is 1. The molecule has 0 radical (unpaired) electrons. The van der Waals surface area contributed by atoms with Crippen LogP contribution >= 0.6 is 22.7 Å². The molecule has 0 saturated heterocycles. The minimum Gasteiger partial charge on any atom is -0.444 e. The van der Waals surface area contributed by atoms with E-state index in [1.54, 1.807) is 28.9 Å². The summed E-state index contributed by atoms with van der Waals surface area (Å²) in [6, 6.07) is 14.6. The second-order valence-electron chi connectivity index (χ2n) is 5.50. The maximum absolute atomic E-state index is 13.2. The largest absolute Gasteiger partial charge is 0.444 e. The molecular formula is C19H15FN2OS2. The average Bonchev–Trinajstić information content (AvgIpc) is 3.39. The van der Waals surface area contributed by atoms with Gasteiger partial charge in [-0.1, -0.05) is 24.3 Å². The highest BCUT2D eigenvalue weighted by atomic mass is 32.1. The highest BCUT2D eigenvalue weighted by Gasteiger charge is 2.16. The number of hydrogen-bond acceptors (Lipinski definition) is 5. The maximum Gasteiger partial charge on any atom is 0.236 e. The Balaban J connectivity index is 1.52. The van der Waals surface area contributed by atoms with Crippen LogP contribution in [-0.4, -0.2) is 4.98 Å². The number of benzene rings is 1. The molecule has 0 unspecified atom stereocenters. The molecule has 0 aliphatic heterocycles. The van der Waals surface area contributed by atoms with E-state index in [0.717, 1.165) is 16.1 Å². The van der Waals surface area contributed by atoms with Crippen molar-refractivity contribution in [2.45, 2.75) is 12.6 Å². The average molecular weight is 370 g/mol. The number of hydrogen-bond donors (Lipinski definition) is 1. The molecule has 0 amide bonds. The van der Waals surface area contributed by atoms with Crippen molar-refractivity contribution in [1.82, 2.24) is 10.3 Å². The van der Waals surface area contributed by atoms with Gasteiger partial charge in [-0.2, -0.15) is 0 Å². The van der Waals surface area contributed by atoms with Gasteiger partial charge in [0.1, 0.15) is 12.1 Å². The van der Waals surface area contributed by atoms with E-state index in [4.69, 9.17) is 4.42 Å². The number of thiophene rings is 2. The number of rotatable bonds is 6. The zero-order chi connectivity index (χ0) is 17.1. The van der Waals surface area contributed by atoms with Gasteiger partial charge in [0.05, 0.1) is 16.6 Å². The third-order valence-electron chi connectivity index (χ3n) is 3.80. The van der Waals surface area contributed by atoms with Crippen molar-refractivity contribution in [3.8, 4) is 10.8 Å². The molecule has 4 aromatic rings. The second kappa shape index (κ2) is 7.31. The van der Waals surface area contributed by atoms with Crippen LogP contribution in [0.4, 0.5) is 4.39 Å². The van der Waals surface area contributed by atoms with Crippen molar-refractivity contribution in [3.63, 3.8) is 0 Å². The van der Waals surface area contributed by atoms with Crippen molar-refractivity contribution in [2.75, 3.05) is 0 Å². The van der Waals surface area contributed by atoms with E-state index in [1.165, 1.54) is 17.0 Å². The van der Waals surface area contributed by atoms with Crippen LogP contribution in [0.3, 0.4) is 0 Å². The Morgan fingerprint density at radius 1 is 1.04 bits per heavy atom. The summed E-state index contributed by atoms with van der Waals surface area (Å²) in [5, 5.41) is 7.54. The van der Waals surface area contributed by atoms with Gasteiger partial charge in [-0.15, -0.1) is 22.7 Å². The van der Waals surface area contributed by atoms with E-state index in [-0.39, 0.29) is 11.9 Å². The Bertz CT molecular complexity index is 915. The van der Waals surface area contributed by atoms with E-state index in [9.17, 15) is 4.39 Å². The normalized spacial score (nSPS) is 12.4. The maximum atomic E-state index is 13.2. The molecule has 1 atom stereocenters. The van der Waals surface area contributed by atoms with Crippen molar-refractivity contribution in [1.29, 1.82) is 0 Å². The quantitative estimate of drug-likeness (QED) is 0.488. The summed E-state index contributed by atoms with van der Waals surface area (Å²) in [5.74, 6) is 0.409. The Morgan fingerprint density at radius 2 is 1.84 bits per heavy atom. The first-order chi connectivity index (χ1) is 12.3. The Morgan fingerprint density at radius 3 is 2.56 bits per heavy atom. The van der Waals surface area contributed by atoms with Crippen LogP contribution in [0.2, 0.25) is 0 Å². The first-order valence-corrected chi connectivity index (χ1v) is 9.56. The van der Waals surface area contributed by atoms with E-state index in [0.29, 0.717) is 12.4 Å². The lowest BCUT2D eigenvalue weighted by Gasteiger charge is -2.17. The summed E-state index contributed by atoms with van der Waals surface area (Å²) in [7, 11) is 0. The first-order valence-electron chi connectivity index (χ1n) is 7.80. The molecule has 1 aromatic carbocycles. The molecule has 6 heteroatoms. The van der Waals surface area contributed by atoms with Crippen LogP contribution in [0.5, 0.6) is 0 Å². The number of oxazole rings is 1. The van der Waals surface area contributed by atoms with Gasteiger partial charge in [0.25, 0.3) is 0 Å². The zero-order valence-corrected chi connectivity index (χ0v) is 14.8. The van der Waals surface area contributed by atoms with Gasteiger partial charge in [-0.25, -0.2) is 9.37 Å². The predicted octanol–water partition coefficient (Wildman–Crippen LogP) is 5.48. The van der Waals surface area contributed by atoms with E-state index in [2.05, 4.69) is 16.4 Å². The fourth-order valence-corrected chi connectivity index (χ4v) is 4.08. The van der Waals surface area contributed by atoms with Crippen molar-refractivity contribution >= 4 is 22.7 Å². The van der Waals surface area contributed by atoms with E-state index >= 15 is 0 Å². The van der Waals surface area contributed by atoms with Gasteiger partial charge >= 0.3 is 0 Å². The summed E-state index contributed by atoms with van der Waals surface area (Å²) in [6.07, 6.45) is 1.68. The monoisotopic (exact) mass is 370 g/mol. The number of nitrogens with zero attached hydrogens (tertiary/aromatic N) is 1. The van der Waals surface area contributed by atoms with Crippen LogP contribution in [0.1, 0.15) is 22.2 Å². The lowest BCUT2D eigenvalue weighted by Crippen LogP contribution is -2.21. The lowest BCUT2D eigenvalue weighted by molar-refractivity contribution is 0.566. The summed E-state index contributed by atoms with van der Waals surface area (Å²) in [5.41, 5.74) is 1.86. The molecule has 25 heavy (non-hydrogen) atoms. The first kappa shape index (κ1) is 16.2. The Kier molecular flexibility index (Phi) is 4.74. The highest BCUT2D eigenvalue weighted by Crippen LogP contribution is 2.27. The molecule has 1 N–H and O–H groups in total. The Labute approximate surface area is 152 Å². The molecule has 126 valence electrons. The van der Waals surface area contributed by atoms with E-state index in [1.807, 2.05) is 41.1 Å². The molecular weight excluding hydrogens is 355 g/mol. The minimum absolute atomic E-state index is 0.0116. The van der Waals surface area contributed by atoms with Crippen LogP contribution < -0.4 is 5.32 Å². The van der Waals surface area contributed by atoms with Gasteiger partial charge in [-0.05, 0) is 40.6 Å². The van der Waals surface area contributed by atoms with Crippen molar-refractivity contribution in [3.05, 3.63) is 87.5 Å². The fraction of sp³-hybridized carbons (Fsp3) is 0.105. The summed E-state index contributed by atoms with van der Waals surface area (Å²) in [4.78, 5) is 6.73. The SMILES string of the molecule is Fc1ccc([C@@H](NCc2coc(-c3cccs3)n2)c2cccs2)cc1. The van der Waals surface area contributed by atoms with Gasteiger partial charge in [0, 0.05) is 11.4 Å². The molecule has 3 aromatic heterocycles. The molecule has 3 heterocycles. The lowest BCUT2D eigenvalue weighted by atomic mass is 10.1. The Hall–Kier alpha value is -2.28. The molecule has 0 saturated carbocycles. The van der Waals surface area contributed by atoms with Gasteiger partial charge in [-0.3, -0.25) is 5.32 Å². The second-order valence-corrected chi connectivity index (χ2v) is 7.43. The third-order valence-corrected chi connectivity index (χ3v) is 5.60. The standard InChI is InChI=1S/C19H15FN2OS2/c20-14-7-5-13(6-8-14)18(16-3-1-9-24-16)21-11-15-12-23-19(22-15)17-4-2-10-25-17/h1-10,12,18,21H,11H2/t18-/m1/s1. The highest BCUT2D eigenvalue weighted by molar-refractivity contribution is 7.13. The summed E-state index contributed by atoms with van der Waals surface area (Å²) < 4.78 is 18.8. The van der Waals surface area contributed by atoms with Crippen LogP contribution in [0, 0.1) is 5.82 Å². The zero-order valence-electron chi connectivity index (χ0n) is 13.2. The topological polar surface area (TPSA) is 38.1 Å². The molecule has 0 bridgehead atoms. The minimum atomic E-state index is -0.231. The third kappa shape index (κ3) is 3.71. The molecule has 0 aliphatic rings. The molecule has 0 aliphatic carbocycles. The molecule has 0 spiro atoms. The smallest absolute Gasteiger partial charge is 0.236 e.